The van der Waals surface area contributed by atoms with Gasteiger partial charge in [0.2, 0.25) is 0 Å². The van der Waals surface area contributed by atoms with E-state index >= 15 is 0 Å². The Labute approximate surface area is 396 Å². The van der Waals surface area contributed by atoms with Gasteiger partial charge in [-0.05, 0) is 89.9 Å². The van der Waals surface area contributed by atoms with Gasteiger partial charge in [-0.25, -0.2) is 0 Å². The van der Waals surface area contributed by atoms with Crippen LogP contribution >= 0.6 is 0 Å². The maximum absolute atomic E-state index is 12.8. The van der Waals surface area contributed by atoms with Crippen LogP contribution in [-0.4, -0.2) is 37.2 Å². The molecule has 0 N–H and O–H groups in total. The number of unbranched alkanes of at least 4 members (excludes halogenated alkanes) is 28. The highest BCUT2D eigenvalue weighted by atomic mass is 16.6. The summed E-state index contributed by atoms with van der Waals surface area (Å²) >= 11 is 0. The molecule has 0 heterocycles. The Balaban J connectivity index is 4.39. The third-order valence-electron chi connectivity index (χ3n) is 11.7. The molecule has 0 aromatic carbocycles. The minimum atomic E-state index is -0.787. The van der Waals surface area contributed by atoms with Crippen LogP contribution in [0.25, 0.3) is 0 Å². The highest BCUT2D eigenvalue weighted by Crippen LogP contribution is 2.15. The molecule has 0 bridgehead atoms. The lowest BCUT2D eigenvalue weighted by atomic mass is 10.1. The zero-order valence-corrected chi connectivity index (χ0v) is 42.3. The van der Waals surface area contributed by atoms with Crippen LogP contribution in [0.15, 0.2) is 60.8 Å². The second-order valence-corrected chi connectivity index (χ2v) is 18.1. The van der Waals surface area contributed by atoms with E-state index in [4.69, 9.17) is 14.2 Å². The van der Waals surface area contributed by atoms with Gasteiger partial charge in [0.1, 0.15) is 13.2 Å². The van der Waals surface area contributed by atoms with Crippen molar-refractivity contribution in [2.75, 3.05) is 13.2 Å². The number of hydrogen-bond donors (Lipinski definition) is 0. The highest BCUT2D eigenvalue weighted by molar-refractivity contribution is 5.71. The van der Waals surface area contributed by atoms with Crippen LogP contribution in [0.4, 0.5) is 0 Å². The average Bonchev–Trinajstić information content (AvgIpc) is 3.29. The van der Waals surface area contributed by atoms with Crippen LogP contribution in [-0.2, 0) is 28.6 Å². The van der Waals surface area contributed by atoms with Gasteiger partial charge in [-0.1, -0.05) is 223 Å². The van der Waals surface area contributed by atoms with Crippen LogP contribution in [0.3, 0.4) is 0 Å². The molecule has 64 heavy (non-hydrogen) atoms. The lowest BCUT2D eigenvalue weighted by Gasteiger charge is -2.18. The Morgan fingerprint density at radius 1 is 0.312 bits per heavy atom. The molecular weight excluding hydrogens is 793 g/mol. The van der Waals surface area contributed by atoms with Crippen LogP contribution in [0, 0.1) is 0 Å². The van der Waals surface area contributed by atoms with Gasteiger partial charge in [-0.2, -0.15) is 0 Å². The molecule has 0 aliphatic rings. The van der Waals surface area contributed by atoms with Crippen molar-refractivity contribution in [1.29, 1.82) is 0 Å². The van der Waals surface area contributed by atoms with Crippen molar-refractivity contribution in [3.05, 3.63) is 60.8 Å². The molecule has 0 aromatic heterocycles. The Morgan fingerprint density at radius 2 is 0.562 bits per heavy atom. The molecule has 6 nitrogen and oxygen atoms in total. The summed E-state index contributed by atoms with van der Waals surface area (Å²) in [6.07, 6.45) is 64.9. The lowest BCUT2D eigenvalue weighted by Crippen LogP contribution is -2.30. The van der Waals surface area contributed by atoms with Crippen LogP contribution in [0.1, 0.15) is 271 Å². The van der Waals surface area contributed by atoms with E-state index < -0.39 is 6.10 Å². The number of allylic oxidation sites excluding steroid dienone is 10. The van der Waals surface area contributed by atoms with Crippen molar-refractivity contribution < 1.29 is 28.6 Å². The average molecular weight is 895 g/mol. The van der Waals surface area contributed by atoms with Gasteiger partial charge in [-0.15, -0.1) is 0 Å². The fourth-order valence-electron chi connectivity index (χ4n) is 7.60. The molecule has 0 saturated carbocycles. The molecule has 0 amide bonds. The van der Waals surface area contributed by atoms with E-state index in [-0.39, 0.29) is 31.1 Å². The van der Waals surface area contributed by atoms with Gasteiger partial charge in [0.05, 0.1) is 0 Å². The molecule has 0 spiro atoms. The zero-order valence-electron chi connectivity index (χ0n) is 42.3. The van der Waals surface area contributed by atoms with E-state index in [1.807, 2.05) is 0 Å². The molecule has 1 atom stereocenters. The van der Waals surface area contributed by atoms with Crippen LogP contribution < -0.4 is 0 Å². The first-order chi connectivity index (χ1) is 31.5. The molecule has 6 heteroatoms. The first kappa shape index (κ1) is 61.1. The Morgan fingerprint density at radius 3 is 0.938 bits per heavy atom. The van der Waals surface area contributed by atoms with Crippen LogP contribution in [0.5, 0.6) is 0 Å². The molecule has 0 saturated heterocycles. The number of carbonyl (C=O) groups is 3. The van der Waals surface area contributed by atoms with Crippen molar-refractivity contribution in [2.45, 2.75) is 277 Å². The normalized spacial score (nSPS) is 12.5. The summed E-state index contributed by atoms with van der Waals surface area (Å²) < 4.78 is 16.8. The first-order valence-corrected chi connectivity index (χ1v) is 27.3. The van der Waals surface area contributed by atoms with E-state index in [0.717, 1.165) is 83.5 Å². The maximum atomic E-state index is 12.8. The monoisotopic (exact) mass is 895 g/mol. The van der Waals surface area contributed by atoms with Crippen molar-refractivity contribution in [1.82, 2.24) is 0 Å². The second kappa shape index (κ2) is 52.7. The second-order valence-electron chi connectivity index (χ2n) is 18.1. The van der Waals surface area contributed by atoms with Crippen molar-refractivity contribution in [2.24, 2.45) is 0 Å². The molecule has 0 radical (unpaired) electrons. The first-order valence-electron chi connectivity index (χ1n) is 27.3. The predicted molar refractivity (Wildman–Crippen MR) is 275 cm³/mol. The van der Waals surface area contributed by atoms with Crippen molar-refractivity contribution in [3.8, 4) is 0 Å². The van der Waals surface area contributed by atoms with E-state index in [9.17, 15) is 14.4 Å². The van der Waals surface area contributed by atoms with Crippen molar-refractivity contribution >= 4 is 17.9 Å². The number of rotatable bonds is 49. The van der Waals surface area contributed by atoms with E-state index in [0.29, 0.717) is 19.3 Å². The number of hydrogen-bond acceptors (Lipinski definition) is 6. The fourth-order valence-corrected chi connectivity index (χ4v) is 7.60. The maximum Gasteiger partial charge on any atom is 0.306 e. The van der Waals surface area contributed by atoms with Gasteiger partial charge in [0.15, 0.2) is 6.10 Å². The largest absolute Gasteiger partial charge is 0.462 e. The van der Waals surface area contributed by atoms with E-state index in [1.165, 1.54) is 148 Å². The quantitative estimate of drug-likeness (QED) is 0.0262. The molecule has 0 rings (SSSR count). The number of esters is 3. The molecular formula is C58H102O6. The van der Waals surface area contributed by atoms with Gasteiger partial charge < -0.3 is 14.2 Å². The molecule has 0 aliphatic heterocycles. The summed E-state index contributed by atoms with van der Waals surface area (Å²) in [5.74, 6) is -0.915. The third kappa shape index (κ3) is 50.1. The Bertz CT molecular complexity index is 1170. The smallest absolute Gasteiger partial charge is 0.306 e. The Kier molecular flexibility index (Phi) is 50.4. The van der Waals surface area contributed by atoms with Gasteiger partial charge >= 0.3 is 17.9 Å². The SMILES string of the molecule is CCCCC/C=C\C/C=C\C/C=C\C/C=C\CCCCCC(=O)OC[C@@H](COC(=O)CCCCCCCCCCCC)OC(=O)CCCCCCCCC/C=C\CCCCCCCC. The van der Waals surface area contributed by atoms with E-state index in [1.54, 1.807) is 0 Å². The standard InChI is InChI=1S/C58H102O6/c1-4-7-10-13-16-19-22-24-26-28-29-31-32-34-36-39-42-45-48-51-57(60)63-54-55(53-62-56(59)50-47-44-41-38-21-18-15-12-9-6-3)64-58(61)52-49-46-43-40-37-35-33-30-27-25-23-20-17-14-11-8-5-2/h16,19,24-27,29,31,34,36,55H,4-15,17-18,20-23,28,30,32-33,35,37-54H2,1-3H3/b19-16-,26-24-,27-25-,31-29-,36-34-/t55-/m1/s1. The topological polar surface area (TPSA) is 78.9 Å². The third-order valence-corrected chi connectivity index (χ3v) is 11.7. The molecule has 0 aliphatic carbocycles. The summed E-state index contributed by atoms with van der Waals surface area (Å²) in [6.45, 7) is 6.58. The van der Waals surface area contributed by atoms with Crippen molar-refractivity contribution in [3.63, 3.8) is 0 Å². The fraction of sp³-hybridized carbons (Fsp3) is 0.776. The van der Waals surface area contributed by atoms with E-state index in [2.05, 4.69) is 81.5 Å². The van der Waals surface area contributed by atoms with Gasteiger partial charge in [0.25, 0.3) is 0 Å². The molecule has 0 unspecified atom stereocenters. The number of carbonyl (C=O) groups excluding carboxylic acids is 3. The summed E-state index contributed by atoms with van der Waals surface area (Å²) in [5, 5.41) is 0. The highest BCUT2D eigenvalue weighted by Gasteiger charge is 2.19. The minimum Gasteiger partial charge on any atom is -0.462 e. The molecule has 370 valence electrons. The number of ether oxygens (including phenoxy) is 3. The zero-order chi connectivity index (χ0) is 46.5. The summed E-state index contributed by atoms with van der Waals surface area (Å²) in [4.78, 5) is 38.0. The molecule has 0 fully saturated rings. The summed E-state index contributed by atoms with van der Waals surface area (Å²) in [7, 11) is 0. The van der Waals surface area contributed by atoms with Gasteiger partial charge in [0, 0.05) is 19.3 Å². The van der Waals surface area contributed by atoms with Gasteiger partial charge in [-0.3, -0.25) is 14.4 Å². The summed E-state index contributed by atoms with van der Waals surface area (Å²) in [6, 6.07) is 0. The predicted octanol–water partition coefficient (Wildman–Crippen LogP) is 18.0. The molecule has 0 aromatic rings. The Hall–Kier alpha value is -2.89. The van der Waals surface area contributed by atoms with Crippen LogP contribution in [0.2, 0.25) is 0 Å². The minimum absolute atomic E-state index is 0.0844. The lowest BCUT2D eigenvalue weighted by molar-refractivity contribution is -0.167. The summed E-state index contributed by atoms with van der Waals surface area (Å²) in [5.41, 5.74) is 0.